The Labute approximate surface area is 145 Å². The molecule has 25 heavy (non-hydrogen) atoms. The van der Waals surface area contributed by atoms with Crippen LogP contribution in [0, 0.1) is 5.82 Å². The van der Waals surface area contributed by atoms with Gasteiger partial charge in [-0.15, -0.1) is 0 Å². The SMILES string of the molecule is O=S(=O)(Nc1cccc2c1CCNC2)c1cnc2ccc(F)cc2c1. The third-order valence-electron chi connectivity index (χ3n) is 4.31. The molecule has 0 radical (unpaired) electrons. The molecule has 3 aromatic rings. The topological polar surface area (TPSA) is 71.1 Å². The highest BCUT2D eigenvalue weighted by Crippen LogP contribution is 2.26. The summed E-state index contributed by atoms with van der Waals surface area (Å²) in [6.45, 7) is 1.53. The lowest BCUT2D eigenvalue weighted by molar-refractivity contribution is 0.600. The van der Waals surface area contributed by atoms with Gasteiger partial charge in [-0.25, -0.2) is 12.8 Å². The quantitative estimate of drug-likeness (QED) is 0.756. The Hall–Kier alpha value is -2.51. The number of hydrogen-bond donors (Lipinski definition) is 2. The summed E-state index contributed by atoms with van der Waals surface area (Å²) in [4.78, 5) is 4.13. The first-order chi connectivity index (χ1) is 12.0. The summed E-state index contributed by atoms with van der Waals surface area (Å²) >= 11 is 0. The fraction of sp³-hybridized carbons (Fsp3) is 0.167. The van der Waals surface area contributed by atoms with Crippen LogP contribution in [-0.2, 0) is 23.0 Å². The van der Waals surface area contributed by atoms with Crippen molar-refractivity contribution < 1.29 is 12.8 Å². The van der Waals surface area contributed by atoms with E-state index in [1.807, 2.05) is 12.1 Å². The van der Waals surface area contributed by atoms with Gasteiger partial charge in [0, 0.05) is 18.1 Å². The number of sulfonamides is 1. The van der Waals surface area contributed by atoms with Gasteiger partial charge in [0.1, 0.15) is 10.7 Å². The number of halogens is 1. The zero-order chi connectivity index (χ0) is 17.4. The molecule has 5 nitrogen and oxygen atoms in total. The molecule has 0 atom stereocenters. The smallest absolute Gasteiger partial charge is 0.263 e. The molecule has 0 spiro atoms. The van der Waals surface area contributed by atoms with Gasteiger partial charge in [-0.1, -0.05) is 12.1 Å². The third-order valence-corrected chi connectivity index (χ3v) is 5.65. The summed E-state index contributed by atoms with van der Waals surface area (Å²) < 4.78 is 41.6. The van der Waals surface area contributed by atoms with Crippen LogP contribution in [0.1, 0.15) is 11.1 Å². The van der Waals surface area contributed by atoms with Crippen molar-refractivity contribution in [1.82, 2.24) is 10.3 Å². The Bertz CT molecular complexity index is 1070. The molecule has 1 aromatic heterocycles. The van der Waals surface area contributed by atoms with E-state index in [4.69, 9.17) is 0 Å². The van der Waals surface area contributed by atoms with Crippen LogP contribution < -0.4 is 10.0 Å². The van der Waals surface area contributed by atoms with E-state index in [1.165, 1.54) is 30.5 Å². The molecule has 0 unspecified atom stereocenters. The molecule has 2 aromatic carbocycles. The Kier molecular flexibility index (Phi) is 3.89. The van der Waals surface area contributed by atoms with Crippen LogP contribution in [0.2, 0.25) is 0 Å². The fourth-order valence-corrected chi connectivity index (χ4v) is 4.13. The van der Waals surface area contributed by atoms with Gasteiger partial charge in [0.25, 0.3) is 10.0 Å². The number of pyridine rings is 1. The Morgan fingerprint density at radius 1 is 1.16 bits per heavy atom. The standard InChI is InChI=1S/C18H16FN3O2S/c19-14-4-5-17-13(8-14)9-15(11-21-17)25(23,24)22-18-3-1-2-12-10-20-7-6-16(12)18/h1-5,8-9,11,20,22H,6-7,10H2. The summed E-state index contributed by atoms with van der Waals surface area (Å²) in [5, 5.41) is 3.71. The fourth-order valence-electron chi connectivity index (χ4n) is 3.06. The van der Waals surface area contributed by atoms with E-state index in [0.717, 1.165) is 30.6 Å². The molecule has 0 amide bonds. The number of fused-ring (bicyclic) bond motifs is 2. The van der Waals surface area contributed by atoms with Crippen LogP contribution in [-0.4, -0.2) is 19.9 Å². The van der Waals surface area contributed by atoms with Crippen molar-refractivity contribution in [3.8, 4) is 0 Å². The summed E-state index contributed by atoms with van der Waals surface area (Å²) in [6, 6.07) is 11.1. The normalized spacial score (nSPS) is 14.3. The van der Waals surface area contributed by atoms with Crippen LogP contribution in [0.25, 0.3) is 10.9 Å². The Morgan fingerprint density at radius 3 is 2.92 bits per heavy atom. The van der Waals surface area contributed by atoms with Crippen molar-refractivity contribution in [2.24, 2.45) is 0 Å². The van der Waals surface area contributed by atoms with Crippen LogP contribution in [0.15, 0.2) is 53.6 Å². The first-order valence-corrected chi connectivity index (χ1v) is 9.41. The molecule has 1 aliphatic rings. The highest BCUT2D eigenvalue weighted by molar-refractivity contribution is 7.92. The number of rotatable bonds is 3. The van der Waals surface area contributed by atoms with Gasteiger partial charge in [-0.2, -0.15) is 0 Å². The lowest BCUT2D eigenvalue weighted by atomic mass is 9.99. The van der Waals surface area contributed by atoms with Crippen molar-refractivity contribution in [2.75, 3.05) is 11.3 Å². The second kappa shape index (κ2) is 6.09. The second-order valence-electron chi connectivity index (χ2n) is 5.98. The molecule has 0 saturated carbocycles. The summed E-state index contributed by atoms with van der Waals surface area (Å²) in [5.41, 5.74) is 3.22. The number of benzene rings is 2. The third kappa shape index (κ3) is 3.08. The van der Waals surface area contributed by atoms with Gasteiger partial charge in [-0.3, -0.25) is 9.71 Å². The van der Waals surface area contributed by atoms with Crippen LogP contribution in [0.5, 0.6) is 0 Å². The summed E-state index contributed by atoms with van der Waals surface area (Å²) in [5.74, 6) is -0.429. The Morgan fingerprint density at radius 2 is 2.04 bits per heavy atom. The van der Waals surface area contributed by atoms with Crippen LogP contribution in [0.3, 0.4) is 0 Å². The molecule has 2 heterocycles. The molecule has 4 rings (SSSR count). The van der Waals surface area contributed by atoms with E-state index in [1.54, 1.807) is 6.07 Å². The van der Waals surface area contributed by atoms with Crippen LogP contribution >= 0.6 is 0 Å². The molecule has 1 aliphatic heterocycles. The largest absolute Gasteiger partial charge is 0.312 e. The van der Waals surface area contributed by atoms with Gasteiger partial charge in [0.05, 0.1) is 11.2 Å². The number of hydrogen-bond acceptors (Lipinski definition) is 4. The first-order valence-electron chi connectivity index (χ1n) is 7.92. The van der Waals surface area contributed by atoms with E-state index < -0.39 is 15.8 Å². The van der Waals surface area contributed by atoms with Gasteiger partial charge >= 0.3 is 0 Å². The first kappa shape index (κ1) is 16.0. The Balaban J connectivity index is 1.73. The molecular weight excluding hydrogens is 341 g/mol. The van der Waals surface area contributed by atoms with Crippen molar-refractivity contribution in [3.63, 3.8) is 0 Å². The van der Waals surface area contributed by atoms with Crippen molar-refractivity contribution in [3.05, 3.63) is 65.6 Å². The van der Waals surface area contributed by atoms with E-state index >= 15 is 0 Å². The number of nitrogens with zero attached hydrogens (tertiary/aromatic N) is 1. The number of aromatic nitrogens is 1. The summed E-state index contributed by atoms with van der Waals surface area (Å²) in [6.07, 6.45) is 2.05. The molecule has 0 saturated heterocycles. The molecule has 0 fully saturated rings. The monoisotopic (exact) mass is 357 g/mol. The van der Waals surface area contributed by atoms with E-state index in [-0.39, 0.29) is 4.90 Å². The summed E-state index contributed by atoms with van der Waals surface area (Å²) in [7, 11) is -3.81. The highest BCUT2D eigenvalue weighted by Gasteiger charge is 2.19. The van der Waals surface area contributed by atoms with Crippen molar-refractivity contribution >= 4 is 26.6 Å². The van der Waals surface area contributed by atoms with Gasteiger partial charge < -0.3 is 5.32 Å². The van der Waals surface area contributed by atoms with Gasteiger partial charge in [-0.05, 0) is 54.4 Å². The zero-order valence-corrected chi connectivity index (χ0v) is 14.1. The maximum Gasteiger partial charge on any atom is 0.263 e. The zero-order valence-electron chi connectivity index (χ0n) is 13.3. The van der Waals surface area contributed by atoms with Gasteiger partial charge in [0.15, 0.2) is 0 Å². The minimum Gasteiger partial charge on any atom is -0.312 e. The molecule has 7 heteroatoms. The van der Waals surface area contributed by atoms with Crippen LogP contribution in [0.4, 0.5) is 10.1 Å². The minimum absolute atomic E-state index is 0.0112. The van der Waals surface area contributed by atoms with Crippen molar-refractivity contribution in [1.29, 1.82) is 0 Å². The molecule has 0 aliphatic carbocycles. The van der Waals surface area contributed by atoms with E-state index in [9.17, 15) is 12.8 Å². The minimum atomic E-state index is -3.81. The molecular formula is C18H16FN3O2S. The highest BCUT2D eigenvalue weighted by atomic mass is 32.2. The average Bonchev–Trinajstić information content (AvgIpc) is 2.61. The van der Waals surface area contributed by atoms with E-state index in [2.05, 4.69) is 15.0 Å². The molecule has 128 valence electrons. The maximum atomic E-state index is 13.4. The average molecular weight is 357 g/mol. The number of anilines is 1. The van der Waals surface area contributed by atoms with E-state index in [0.29, 0.717) is 16.6 Å². The predicted octanol–water partition coefficient (Wildman–Crippen LogP) is 2.82. The lowest BCUT2D eigenvalue weighted by Crippen LogP contribution is -2.25. The lowest BCUT2D eigenvalue weighted by Gasteiger charge is -2.21. The molecule has 2 N–H and O–H groups in total. The second-order valence-corrected chi connectivity index (χ2v) is 7.67. The van der Waals surface area contributed by atoms with Crippen molar-refractivity contribution in [2.45, 2.75) is 17.9 Å². The van der Waals surface area contributed by atoms with Gasteiger partial charge in [0.2, 0.25) is 0 Å². The number of nitrogens with one attached hydrogen (secondary N) is 2. The molecule has 0 bridgehead atoms. The predicted molar refractivity (Wildman–Crippen MR) is 94.4 cm³/mol. The maximum absolute atomic E-state index is 13.4.